The molecule has 0 aliphatic carbocycles. The first-order valence-electron chi connectivity index (χ1n) is 4.17. The summed E-state index contributed by atoms with van der Waals surface area (Å²) in [5.41, 5.74) is 2.66. The van der Waals surface area contributed by atoms with Crippen LogP contribution in [-0.4, -0.2) is 5.33 Å². The van der Waals surface area contributed by atoms with Crippen LogP contribution in [0, 0.1) is 3.57 Å². The number of halogens is 3. The highest BCUT2D eigenvalue weighted by atomic mass is 127. The minimum absolute atomic E-state index is 0.612. The fourth-order valence-corrected chi connectivity index (χ4v) is 2.74. The summed E-state index contributed by atoms with van der Waals surface area (Å²) in [6.07, 6.45) is 2.32. The van der Waals surface area contributed by atoms with Gasteiger partial charge in [-0.25, -0.2) is 0 Å². The number of benzene rings is 1. The second-order valence-electron chi connectivity index (χ2n) is 2.82. The third-order valence-electron chi connectivity index (χ3n) is 1.88. The number of alkyl halides is 2. The minimum atomic E-state index is 0.612. The summed E-state index contributed by atoms with van der Waals surface area (Å²) < 4.78 is 1.33. The molecule has 0 amide bonds. The van der Waals surface area contributed by atoms with Gasteiger partial charge in [0.15, 0.2) is 0 Å². The molecule has 0 saturated carbocycles. The summed E-state index contributed by atoms with van der Waals surface area (Å²) in [5.74, 6) is 0.612. The Hall–Kier alpha value is 0.720. The second-order valence-corrected chi connectivity index (χ2v) is 4.96. The van der Waals surface area contributed by atoms with Gasteiger partial charge >= 0.3 is 0 Å². The van der Waals surface area contributed by atoms with Crippen LogP contribution < -0.4 is 0 Å². The van der Waals surface area contributed by atoms with Crippen LogP contribution in [0.4, 0.5) is 0 Å². The Balaban J connectivity index is 2.81. The average Bonchev–Trinajstić information content (AvgIpc) is 2.16. The lowest BCUT2D eigenvalue weighted by molar-refractivity contribution is 0.930. The molecular weight excluding hydrogens is 362 g/mol. The number of hydrogen-bond acceptors (Lipinski definition) is 0. The molecule has 0 atom stereocenters. The van der Waals surface area contributed by atoms with Crippen molar-refractivity contribution in [3.8, 4) is 0 Å². The number of rotatable bonds is 4. The van der Waals surface area contributed by atoms with Crippen molar-refractivity contribution >= 4 is 50.1 Å². The van der Waals surface area contributed by atoms with Gasteiger partial charge < -0.3 is 0 Å². The first kappa shape index (κ1) is 11.8. The average molecular weight is 373 g/mol. The van der Waals surface area contributed by atoms with Crippen LogP contribution in [0.1, 0.15) is 17.5 Å². The largest absolute Gasteiger partial charge is 0.122 e. The summed E-state index contributed by atoms with van der Waals surface area (Å²) in [6, 6.07) is 6.36. The van der Waals surface area contributed by atoms with Gasteiger partial charge in [-0.15, -0.1) is 11.6 Å². The van der Waals surface area contributed by atoms with Crippen LogP contribution >= 0.6 is 50.1 Å². The fraction of sp³-hybridized carbons (Fsp3) is 0.400. The summed E-state index contributed by atoms with van der Waals surface area (Å²) in [5, 5.41) is 1.06. The van der Waals surface area contributed by atoms with Crippen molar-refractivity contribution < 1.29 is 0 Å². The third-order valence-corrected chi connectivity index (χ3v) is 4.12. The molecule has 0 radical (unpaired) electrons. The molecule has 1 aromatic rings. The quantitative estimate of drug-likeness (QED) is 0.544. The molecule has 0 aliphatic heterocycles. The predicted molar refractivity (Wildman–Crippen MR) is 70.8 cm³/mol. The van der Waals surface area contributed by atoms with E-state index in [9.17, 15) is 0 Å². The molecule has 0 fully saturated rings. The molecule has 1 rings (SSSR count). The highest BCUT2D eigenvalue weighted by Gasteiger charge is 2.03. The van der Waals surface area contributed by atoms with Gasteiger partial charge in [0.05, 0.1) is 0 Å². The van der Waals surface area contributed by atoms with Gasteiger partial charge in [-0.2, -0.15) is 0 Å². The second kappa shape index (κ2) is 6.25. The number of aryl methyl sites for hydroxylation is 1. The Bertz CT molecular complexity index is 276. The fourth-order valence-electron chi connectivity index (χ4n) is 1.19. The van der Waals surface area contributed by atoms with Crippen molar-refractivity contribution in [1.82, 2.24) is 0 Å². The van der Waals surface area contributed by atoms with Crippen LogP contribution in [-0.2, 0) is 12.3 Å². The van der Waals surface area contributed by atoms with Crippen molar-refractivity contribution in [3.05, 3.63) is 32.9 Å². The summed E-state index contributed by atoms with van der Waals surface area (Å²) >= 11 is 11.6. The van der Waals surface area contributed by atoms with E-state index in [1.165, 1.54) is 21.1 Å². The van der Waals surface area contributed by atoms with E-state index in [-0.39, 0.29) is 0 Å². The molecule has 0 heterocycles. The topological polar surface area (TPSA) is 0 Å². The van der Waals surface area contributed by atoms with Gasteiger partial charge in [0.1, 0.15) is 0 Å². The first-order valence-corrected chi connectivity index (χ1v) is 6.91. The van der Waals surface area contributed by atoms with Crippen molar-refractivity contribution in [2.75, 3.05) is 5.33 Å². The van der Waals surface area contributed by atoms with E-state index >= 15 is 0 Å². The highest BCUT2D eigenvalue weighted by molar-refractivity contribution is 14.1. The summed E-state index contributed by atoms with van der Waals surface area (Å²) in [4.78, 5) is 0. The summed E-state index contributed by atoms with van der Waals surface area (Å²) in [6.45, 7) is 0. The lowest BCUT2D eigenvalue weighted by Crippen LogP contribution is -1.94. The zero-order chi connectivity index (χ0) is 9.68. The standard InChI is InChI=1S/C10H11BrClI/c11-6-2-5-8-3-1-4-9(7-12)10(8)13/h1,3-4H,2,5-7H2. The molecule has 0 saturated heterocycles. The Morgan fingerprint density at radius 1 is 1.31 bits per heavy atom. The monoisotopic (exact) mass is 372 g/mol. The molecule has 3 heteroatoms. The smallest absolute Gasteiger partial charge is 0.0484 e. The van der Waals surface area contributed by atoms with E-state index in [4.69, 9.17) is 11.6 Å². The predicted octanol–water partition coefficient (Wildman–Crippen LogP) is 4.36. The van der Waals surface area contributed by atoms with Gasteiger partial charge in [0.25, 0.3) is 0 Å². The first-order chi connectivity index (χ1) is 6.29. The van der Waals surface area contributed by atoms with E-state index in [1.54, 1.807) is 0 Å². The van der Waals surface area contributed by atoms with Gasteiger partial charge in [-0.05, 0) is 46.6 Å². The minimum Gasteiger partial charge on any atom is -0.122 e. The number of hydrogen-bond donors (Lipinski definition) is 0. The maximum absolute atomic E-state index is 5.82. The van der Waals surface area contributed by atoms with E-state index in [0.717, 1.165) is 11.8 Å². The maximum Gasteiger partial charge on any atom is 0.0484 e. The lowest BCUT2D eigenvalue weighted by Gasteiger charge is -2.06. The van der Waals surface area contributed by atoms with E-state index in [2.05, 4.69) is 56.7 Å². The van der Waals surface area contributed by atoms with Crippen molar-refractivity contribution in [1.29, 1.82) is 0 Å². The molecule has 72 valence electrons. The molecule has 0 aromatic heterocycles. The van der Waals surface area contributed by atoms with Crippen LogP contribution in [0.3, 0.4) is 0 Å². The molecule has 1 aromatic carbocycles. The van der Waals surface area contributed by atoms with E-state index in [0.29, 0.717) is 5.88 Å². The van der Waals surface area contributed by atoms with E-state index < -0.39 is 0 Å². The summed E-state index contributed by atoms with van der Waals surface area (Å²) in [7, 11) is 0. The van der Waals surface area contributed by atoms with Gasteiger partial charge in [-0.3, -0.25) is 0 Å². The molecule has 0 unspecified atom stereocenters. The zero-order valence-electron chi connectivity index (χ0n) is 7.19. The van der Waals surface area contributed by atoms with Crippen molar-refractivity contribution in [2.45, 2.75) is 18.7 Å². The van der Waals surface area contributed by atoms with E-state index in [1.807, 2.05) is 0 Å². The normalized spacial score (nSPS) is 10.4. The van der Waals surface area contributed by atoms with Crippen LogP contribution in [0.2, 0.25) is 0 Å². The van der Waals surface area contributed by atoms with Gasteiger partial charge in [0, 0.05) is 14.8 Å². The lowest BCUT2D eigenvalue weighted by atomic mass is 10.1. The molecule has 0 spiro atoms. The molecule has 0 aliphatic rings. The molecule has 0 N–H and O–H groups in total. The van der Waals surface area contributed by atoms with Crippen molar-refractivity contribution in [2.24, 2.45) is 0 Å². The van der Waals surface area contributed by atoms with Crippen LogP contribution in [0.15, 0.2) is 18.2 Å². The molecule has 0 nitrogen and oxygen atoms in total. The van der Waals surface area contributed by atoms with Crippen molar-refractivity contribution in [3.63, 3.8) is 0 Å². The van der Waals surface area contributed by atoms with Crippen LogP contribution in [0.5, 0.6) is 0 Å². The molecule has 13 heavy (non-hydrogen) atoms. The zero-order valence-corrected chi connectivity index (χ0v) is 11.7. The van der Waals surface area contributed by atoms with Crippen LogP contribution in [0.25, 0.3) is 0 Å². The maximum atomic E-state index is 5.82. The molecule has 0 bridgehead atoms. The highest BCUT2D eigenvalue weighted by Crippen LogP contribution is 2.20. The molecular formula is C10H11BrClI. The third kappa shape index (κ3) is 3.40. The Kier molecular flexibility index (Phi) is 5.67. The Labute approximate surface area is 106 Å². The Morgan fingerprint density at radius 2 is 2.00 bits per heavy atom. The SMILES string of the molecule is ClCc1cccc(CCCBr)c1I. The van der Waals surface area contributed by atoms with Gasteiger partial charge in [-0.1, -0.05) is 34.1 Å². The van der Waals surface area contributed by atoms with Gasteiger partial charge in [0.2, 0.25) is 0 Å². The Morgan fingerprint density at radius 3 is 2.62 bits per heavy atom.